The van der Waals surface area contributed by atoms with Gasteiger partial charge in [-0.2, -0.15) is 10.2 Å². The molecule has 130 valence electrons. The number of carbonyl (C=O) groups is 1. The van der Waals surface area contributed by atoms with E-state index < -0.39 is 5.91 Å². The van der Waals surface area contributed by atoms with E-state index in [4.69, 9.17) is 0 Å². The van der Waals surface area contributed by atoms with Crippen LogP contribution in [0.15, 0.2) is 70.6 Å². The van der Waals surface area contributed by atoms with Gasteiger partial charge in [-0.25, -0.2) is 10.1 Å². The van der Waals surface area contributed by atoms with Gasteiger partial charge in [-0.3, -0.25) is 9.59 Å². The zero-order chi connectivity index (χ0) is 18.4. The fourth-order valence-corrected chi connectivity index (χ4v) is 2.53. The van der Waals surface area contributed by atoms with E-state index in [0.717, 1.165) is 5.56 Å². The molecule has 1 amide bonds. The predicted molar refractivity (Wildman–Crippen MR) is 103 cm³/mol. The molecule has 0 radical (unpaired) electrons. The zero-order valence-electron chi connectivity index (χ0n) is 14.3. The summed E-state index contributed by atoms with van der Waals surface area (Å²) in [5.74, 6) is -0.465. The molecule has 26 heavy (non-hydrogen) atoms. The summed E-state index contributed by atoms with van der Waals surface area (Å²) < 4.78 is 1.27. The zero-order valence-corrected chi connectivity index (χ0v) is 14.3. The van der Waals surface area contributed by atoms with Crippen molar-refractivity contribution in [2.45, 2.75) is 13.5 Å². The summed E-state index contributed by atoms with van der Waals surface area (Å²) in [4.78, 5) is 24.7. The first-order chi connectivity index (χ1) is 12.7. The third kappa shape index (κ3) is 3.75. The van der Waals surface area contributed by atoms with Crippen LogP contribution in [0.5, 0.6) is 0 Å². The van der Waals surface area contributed by atoms with E-state index >= 15 is 0 Å². The Kier molecular flexibility index (Phi) is 5.34. The number of aromatic nitrogens is 2. The summed E-state index contributed by atoms with van der Waals surface area (Å²) in [6, 6.07) is 16.7. The number of aryl methyl sites for hydroxylation is 1. The fourth-order valence-electron chi connectivity index (χ4n) is 2.53. The molecular weight excluding hydrogens is 328 g/mol. The number of benzene rings is 2. The van der Waals surface area contributed by atoms with Crippen LogP contribution in [0.4, 0.5) is 0 Å². The van der Waals surface area contributed by atoms with Crippen molar-refractivity contribution in [2.75, 3.05) is 0 Å². The van der Waals surface area contributed by atoms with Gasteiger partial charge in [-0.1, -0.05) is 54.6 Å². The summed E-state index contributed by atoms with van der Waals surface area (Å²) in [6.07, 6.45) is 5.09. The van der Waals surface area contributed by atoms with E-state index in [1.54, 1.807) is 37.3 Å². The van der Waals surface area contributed by atoms with Crippen molar-refractivity contribution in [3.63, 3.8) is 0 Å². The summed E-state index contributed by atoms with van der Waals surface area (Å²) in [6.45, 7) is 2.18. The SMILES string of the molecule is CCn1nc(C(=O)N/N=C/C=C/c2ccccc2)c2ccccc2c1=O. The van der Waals surface area contributed by atoms with Gasteiger partial charge in [0.05, 0.1) is 5.39 Å². The predicted octanol–water partition coefficient (Wildman–Crippen LogP) is 2.85. The van der Waals surface area contributed by atoms with Gasteiger partial charge in [0, 0.05) is 18.1 Å². The Balaban J connectivity index is 1.80. The van der Waals surface area contributed by atoms with Crippen LogP contribution < -0.4 is 11.0 Å². The molecule has 0 aliphatic heterocycles. The Labute approximate surface area is 150 Å². The van der Waals surface area contributed by atoms with E-state index in [1.165, 1.54) is 10.9 Å². The Bertz CT molecular complexity index is 1040. The average Bonchev–Trinajstić information content (AvgIpc) is 2.69. The molecule has 0 spiro atoms. The van der Waals surface area contributed by atoms with Gasteiger partial charge < -0.3 is 0 Å². The number of rotatable bonds is 5. The van der Waals surface area contributed by atoms with Gasteiger partial charge in [-0.15, -0.1) is 0 Å². The molecule has 0 aliphatic rings. The van der Waals surface area contributed by atoms with Crippen LogP contribution in [0.2, 0.25) is 0 Å². The molecule has 1 N–H and O–H groups in total. The highest BCUT2D eigenvalue weighted by atomic mass is 16.2. The van der Waals surface area contributed by atoms with E-state index in [9.17, 15) is 9.59 Å². The smallest absolute Gasteiger partial charge is 0.267 e. The molecule has 0 atom stereocenters. The van der Waals surface area contributed by atoms with Crippen molar-refractivity contribution in [3.05, 3.63) is 82.3 Å². The lowest BCUT2D eigenvalue weighted by atomic mass is 10.1. The Hall–Kier alpha value is -3.54. The highest BCUT2D eigenvalue weighted by molar-refractivity contribution is 6.04. The van der Waals surface area contributed by atoms with Crippen LogP contribution in [-0.2, 0) is 6.54 Å². The van der Waals surface area contributed by atoms with Gasteiger partial charge in [0.1, 0.15) is 0 Å². The summed E-state index contributed by atoms with van der Waals surface area (Å²) in [5.41, 5.74) is 3.44. The van der Waals surface area contributed by atoms with Crippen molar-refractivity contribution in [3.8, 4) is 0 Å². The Morgan fingerprint density at radius 1 is 1.12 bits per heavy atom. The summed E-state index contributed by atoms with van der Waals surface area (Å²) >= 11 is 0. The van der Waals surface area contributed by atoms with Crippen LogP contribution >= 0.6 is 0 Å². The van der Waals surface area contributed by atoms with E-state index in [2.05, 4.69) is 15.6 Å². The summed E-state index contributed by atoms with van der Waals surface area (Å²) in [5, 5.41) is 9.04. The van der Waals surface area contributed by atoms with Crippen molar-refractivity contribution in [1.29, 1.82) is 0 Å². The fraction of sp³-hybridized carbons (Fsp3) is 0.100. The van der Waals surface area contributed by atoms with Crippen molar-refractivity contribution >= 4 is 29.0 Å². The number of hydrogen-bond acceptors (Lipinski definition) is 4. The number of hydrogen-bond donors (Lipinski definition) is 1. The first-order valence-corrected chi connectivity index (χ1v) is 8.25. The molecule has 1 heterocycles. The standard InChI is InChI=1S/C20H18N4O2/c1-2-24-20(26)17-13-7-6-12-16(17)18(23-24)19(25)22-21-14-8-11-15-9-4-3-5-10-15/h3-14H,2H2,1H3,(H,22,25)/b11-8+,21-14+. The molecule has 0 saturated carbocycles. The number of carbonyl (C=O) groups excluding carboxylic acids is 1. The quantitative estimate of drug-likeness (QED) is 0.570. The molecule has 2 aromatic carbocycles. The van der Waals surface area contributed by atoms with Crippen LogP contribution in [0.3, 0.4) is 0 Å². The summed E-state index contributed by atoms with van der Waals surface area (Å²) in [7, 11) is 0. The molecule has 3 rings (SSSR count). The number of nitrogens with one attached hydrogen (secondary N) is 1. The first kappa shape index (κ1) is 17.3. The molecule has 0 aliphatic carbocycles. The van der Waals surface area contributed by atoms with Gasteiger partial charge in [0.25, 0.3) is 11.5 Å². The van der Waals surface area contributed by atoms with Gasteiger partial charge in [0.2, 0.25) is 0 Å². The van der Waals surface area contributed by atoms with E-state index in [0.29, 0.717) is 17.3 Å². The van der Waals surface area contributed by atoms with Gasteiger partial charge in [-0.05, 0) is 24.6 Å². The maximum absolute atomic E-state index is 12.4. The molecule has 6 heteroatoms. The maximum atomic E-state index is 12.4. The molecule has 1 aromatic heterocycles. The second-order valence-corrected chi connectivity index (χ2v) is 5.50. The third-order valence-corrected chi connectivity index (χ3v) is 3.80. The molecule has 0 bridgehead atoms. The van der Waals surface area contributed by atoms with Crippen LogP contribution in [0, 0.1) is 0 Å². The Morgan fingerprint density at radius 2 is 1.81 bits per heavy atom. The van der Waals surface area contributed by atoms with Crippen LogP contribution in [0.25, 0.3) is 16.8 Å². The van der Waals surface area contributed by atoms with Crippen molar-refractivity contribution < 1.29 is 4.79 Å². The molecule has 6 nitrogen and oxygen atoms in total. The van der Waals surface area contributed by atoms with E-state index in [1.807, 2.05) is 36.4 Å². The van der Waals surface area contributed by atoms with Crippen molar-refractivity contribution in [1.82, 2.24) is 15.2 Å². The second-order valence-electron chi connectivity index (χ2n) is 5.50. The minimum Gasteiger partial charge on any atom is -0.267 e. The molecule has 0 saturated heterocycles. The third-order valence-electron chi connectivity index (χ3n) is 3.80. The number of amides is 1. The molecular formula is C20H18N4O2. The lowest BCUT2D eigenvalue weighted by molar-refractivity contribution is 0.0949. The monoisotopic (exact) mass is 346 g/mol. The van der Waals surface area contributed by atoms with Crippen molar-refractivity contribution in [2.24, 2.45) is 5.10 Å². The Morgan fingerprint density at radius 3 is 2.54 bits per heavy atom. The molecule has 0 unspecified atom stereocenters. The highest BCUT2D eigenvalue weighted by Crippen LogP contribution is 2.13. The van der Waals surface area contributed by atoms with E-state index in [-0.39, 0.29) is 11.3 Å². The maximum Gasteiger partial charge on any atom is 0.292 e. The average molecular weight is 346 g/mol. The number of nitrogens with zero attached hydrogens (tertiary/aromatic N) is 3. The topological polar surface area (TPSA) is 76.3 Å². The molecule has 0 fully saturated rings. The normalized spacial score (nSPS) is 11.4. The number of hydrazone groups is 1. The lowest BCUT2D eigenvalue weighted by Crippen LogP contribution is -2.28. The highest BCUT2D eigenvalue weighted by Gasteiger charge is 2.15. The lowest BCUT2D eigenvalue weighted by Gasteiger charge is -2.08. The number of fused-ring (bicyclic) bond motifs is 1. The van der Waals surface area contributed by atoms with Crippen LogP contribution in [-0.4, -0.2) is 21.9 Å². The number of allylic oxidation sites excluding steroid dienone is 1. The largest absolute Gasteiger partial charge is 0.292 e. The minimum absolute atomic E-state index is 0.172. The van der Waals surface area contributed by atoms with Gasteiger partial charge in [0.15, 0.2) is 5.69 Å². The van der Waals surface area contributed by atoms with Crippen LogP contribution in [0.1, 0.15) is 23.0 Å². The first-order valence-electron chi connectivity index (χ1n) is 8.25. The van der Waals surface area contributed by atoms with Gasteiger partial charge >= 0.3 is 0 Å². The second kappa shape index (κ2) is 8.02. The molecule has 3 aromatic rings. The minimum atomic E-state index is -0.465.